The van der Waals surface area contributed by atoms with Gasteiger partial charge in [-0.25, -0.2) is 0 Å². The van der Waals surface area contributed by atoms with Crippen LogP contribution in [0.5, 0.6) is 0 Å². The van der Waals surface area contributed by atoms with Gasteiger partial charge in [-0.3, -0.25) is 14.9 Å². The average molecular weight is 292 g/mol. The Hall–Kier alpha value is -1.33. The number of benzene rings is 1. The Bertz CT molecular complexity index is 464. The molecule has 5 nitrogen and oxygen atoms in total. The highest BCUT2D eigenvalue weighted by Gasteiger charge is 2.24. The number of carbonyl (C=O) groups is 1. The molecule has 1 rings (SSSR count). The molecule has 1 atom stereocenters. The first kappa shape index (κ1) is 14.7. The monoisotopic (exact) mass is 291 g/mol. The third-order valence-electron chi connectivity index (χ3n) is 2.41. The van der Waals surface area contributed by atoms with Gasteiger partial charge in [-0.05, 0) is 23.8 Å². The zero-order valence-corrected chi connectivity index (χ0v) is 11.1. The maximum Gasteiger partial charge on any atom is 0.306 e. The maximum absolute atomic E-state index is 11.3. The van der Waals surface area contributed by atoms with Crippen molar-refractivity contribution in [3.8, 4) is 0 Å². The van der Waals surface area contributed by atoms with Crippen molar-refractivity contribution in [3.05, 3.63) is 43.9 Å². The fraction of sp³-hybridized carbons (Fsp3) is 0.364. The number of hydrogen-bond donors (Lipinski definition) is 0. The van der Waals surface area contributed by atoms with Gasteiger partial charge in [0.25, 0.3) is 0 Å². The minimum Gasteiger partial charge on any atom is -0.469 e. The summed E-state index contributed by atoms with van der Waals surface area (Å²) in [5.41, 5.74) is 0.478. The molecular weight excluding hydrogens is 281 g/mol. The summed E-state index contributed by atoms with van der Waals surface area (Å²) in [6, 6.07) is 4.65. The highest BCUT2D eigenvalue weighted by molar-refractivity contribution is 6.33. The van der Waals surface area contributed by atoms with Gasteiger partial charge < -0.3 is 4.74 Å². The minimum absolute atomic E-state index is 0.114. The normalized spacial score (nSPS) is 11.9. The highest BCUT2D eigenvalue weighted by atomic mass is 35.5. The number of hydrogen-bond acceptors (Lipinski definition) is 4. The lowest BCUT2D eigenvalue weighted by Gasteiger charge is -2.13. The van der Waals surface area contributed by atoms with Gasteiger partial charge in [0.15, 0.2) is 0 Å². The Morgan fingerprint density at radius 2 is 2.17 bits per heavy atom. The predicted octanol–water partition coefficient (Wildman–Crippen LogP) is 2.92. The van der Waals surface area contributed by atoms with Crippen LogP contribution in [0.4, 0.5) is 0 Å². The molecule has 98 valence electrons. The van der Waals surface area contributed by atoms with Crippen molar-refractivity contribution >= 4 is 29.2 Å². The fourth-order valence-corrected chi connectivity index (χ4v) is 2.02. The van der Waals surface area contributed by atoms with E-state index in [-0.39, 0.29) is 6.42 Å². The maximum atomic E-state index is 11.3. The van der Waals surface area contributed by atoms with Crippen LogP contribution in [-0.2, 0) is 9.53 Å². The van der Waals surface area contributed by atoms with Gasteiger partial charge in [0.05, 0.1) is 19.4 Å². The van der Waals surface area contributed by atoms with Gasteiger partial charge in [0, 0.05) is 15.0 Å². The van der Waals surface area contributed by atoms with Crippen molar-refractivity contribution in [2.75, 3.05) is 13.7 Å². The summed E-state index contributed by atoms with van der Waals surface area (Å²) in [5, 5.41) is 11.4. The molecule has 0 aromatic heterocycles. The molecule has 18 heavy (non-hydrogen) atoms. The van der Waals surface area contributed by atoms with Crippen molar-refractivity contribution in [1.82, 2.24) is 0 Å². The lowest BCUT2D eigenvalue weighted by atomic mass is 9.96. The van der Waals surface area contributed by atoms with Crippen LogP contribution in [0.3, 0.4) is 0 Å². The smallest absolute Gasteiger partial charge is 0.306 e. The number of ether oxygens (including phenoxy) is 1. The van der Waals surface area contributed by atoms with Crippen LogP contribution in [0.1, 0.15) is 17.9 Å². The van der Waals surface area contributed by atoms with Crippen molar-refractivity contribution < 1.29 is 14.5 Å². The first-order chi connectivity index (χ1) is 8.43. The number of methoxy groups -OCH3 is 1. The molecule has 0 spiro atoms. The Morgan fingerprint density at radius 1 is 1.50 bits per heavy atom. The number of nitro groups is 1. The predicted molar refractivity (Wildman–Crippen MR) is 67.7 cm³/mol. The van der Waals surface area contributed by atoms with Crippen LogP contribution < -0.4 is 0 Å². The van der Waals surface area contributed by atoms with E-state index in [9.17, 15) is 14.9 Å². The van der Waals surface area contributed by atoms with E-state index in [1.807, 2.05) is 0 Å². The second kappa shape index (κ2) is 6.56. The third kappa shape index (κ3) is 4.16. The number of esters is 1. The van der Waals surface area contributed by atoms with E-state index in [0.717, 1.165) is 0 Å². The van der Waals surface area contributed by atoms with E-state index in [2.05, 4.69) is 4.74 Å². The highest BCUT2D eigenvalue weighted by Crippen LogP contribution is 2.30. The zero-order chi connectivity index (χ0) is 13.7. The molecule has 0 heterocycles. The lowest BCUT2D eigenvalue weighted by molar-refractivity contribution is -0.483. The molecule has 0 N–H and O–H groups in total. The molecule has 1 aromatic rings. The van der Waals surface area contributed by atoms with Gasteiger partial charge in [-0.15, -0.1) is 0 Å². The fourth-order valence-electron chi connectivity index (χ4n) is 1.56. The van der Waals surface area contributed by atoms with Crippen LogP contribution >= 0.6 is 23.2 Å². The van der Waals surface area contributed by atoms with E-state index in [0.29, 0.717) is 15.6 Å². The molecular formula is C11H11Cl2NO4. The standard InChI is InChI=1S/C11H11Cl2NO4/c1-18-11(15)4-7(6-14(16)17)9-5-8(12)2-3-10(9)13/h2-3,5,7H,4,6H2,1H3. The summed E-state index contributed by atoms with van der Waals surface area (Å²) in [6.45, 7) is -0.408. The van der Waals surface area contributed by atoms with Crippen molar-refractivity contribution in [3.63, 3.8) is 0 Å². The van der Waals surface area contributed by atoms with Gasteiger partial charge in [0.2, 0.25) is 6.54 Å². The van der Waals surface area contributed by atoms with Crippen molar-refractivity contribution in [2.45, 2.75) is 12.3 Å². The Kier molecular flexibility index (Phi) is 5.37. The summed E-state index contributed by atoms with van der Waals surface area (Å²) in [5.74, 6) is -1.18. The van der Waals surface area contributed by atoms with Crippen LogP contribution in [0.25, 0.3) is 0 Å². The molecule has 0 saturated heterocycles. The molecule has 0 bridgehead atoms. The summed E-state index contributed by atoms with van der Waals surface area (Å²) in [4.78, 5) is 21.4. The van der Waals surface area contributed by atoms with Crippen LogP contribution in [-0.4, -0.2) is 24.5 Å². The van der Waals surface area contributed by atoms with Gasteiger partial charge in [-0.1, -0.05) is 23.2 Å². The molecule has 7 heteroatoms. The molecule has 0 aliphatic carbocycles. The molecule has 0 radical (unpaired) electrons. The third-order valence-corrected chi connectivity index (χ3v) is 2.99. The topological polar surface area (TPSA) is 69.4 Å². The molecule has 0 aliphatic rings. The molecule has 0 saturated carbocycles. The van der Waals surface area contributed by atoms with E-state index in [1.165, 1.54) is 13.2 Å². The minimum atomic E-state index is -0.654. The summed E-state index contributed by atoms with van der Waals surface area (Å²) in [7, 11) is 1.23. The van der Waals surface area contributed by atoms with E-state index in [4.69, 9.17) is 23.2 Å². The Balaban J connectivity index is 3.04. The number of rotatable bonds is 5. The molecule has 1 unspecified atom stereocenters. The summed E-state index contributed by atoms with van der Waals surface area (Å²) < 4.78 is 4.52. The molecule has 1 aromatic carbocycles. The van der Waals surface area contributed by atoms with Crippen LogP contribution in [0.2, 0.25) is 10.0 Å². The molecule has 0 amide bonds. The summed E-state index contributed by atoms with van der Waals surface area (Å²) in [6.07, 6.45) is -0.114. The Labute approximate surface area is 114 Å². The largest absolute Gasteiger partial charge is 0.469 e. The SMILES string of the molecule is COC(=O)CC(C[N+](=O)[O-])c1cc(Cl)ccc1Cl. The number of nitrogens with zero attached hydrogens (tertiary/aromatic N) is 1. The van der Waals surface area contributed by atoms with Gasteiger partial charge >= 0.3 is 5.97 Å². The second-order valence-electron chi connectivity index (χ2n) is 3.66. The van der Waals surface area contributed by atoms with E-state index < -0.39 is 23.4 Å². The van der Waals surface area contributed by atoms with Gasteiger partial charge in [-0.2, -0.15) is 0 Å². The number of halogens is 2. The first-order valence-electron chi connectivity index (χ1n) is 5.07. The van der Waals surface area contributed by atoms with Crippen molar-refractivity contribution in [1.29, 1.82) is 0 Å². The van der Waals surface area contributed by atoms with Gasteiger partial charge in [0.1, 0.15) is 0 Å². The lowest BCUT2D eigenvalue weighted by Crippen LogP contribution is -2.17. The average Bonchev–Trinajstić information content (AvgIpc) is 2.30. The first-order valence-corrected chi connectivity index (χ1v) is 5.83. The van der Waals surface area contributed by atoms with Crippen molar-refractivity contribution in [2.24, 2.45) is 0 Å². The van der Waals surface area contributed by atoms with Crippen LogP contribution in [0, 0.1) is 10.1 Å². The molecule has 0 aliphatic heterocycles. The zero-order valence-electron chi connectivity index (χ0n) is 9.56. The second-order valence-corrected chi connectivity index (χ2v) is 4.50. The molecule has 0 fully saturated rings. The number of carbonyl (C=O) groups excluding carboxylic acids is 1. The van der Waals surface area contributed by atoms with Crippen LogP contribution in [0.15, 0.2) is 18.2 Å². The van der Waals surface area contributed by atoms with E-state index in [1.54, 1.807) is 12.1 Å². The van der Waals surface area contributed by atoms with E-state index >= 15 is 0 Å². The quantitative estimate of drug-likeness (QED) is 0.475. The Morgan fingerprint density at radius 3 is 2.72 bits per heavy atom. The summed E-state index contributed by atoms with van der Waals surface area (Å²) >= 11 is 11.8.